The van der Waals surface area contributed by atoms with Crippen LogP contribution in [0.5, 0.6) is 0 Å². The van der Waals surface area contributed by atoms with E-state index in [1.165, 1.54) is 5.56 Å². The van der Waals surface area contributed by atoms with Crippen LogP contribution in [0.3, 0.4) is 0 Å². The Morgan fingerprint density at radius 1 is 1.21 bits per heavy atom. The van der Waals surface area contributed by atoms with Gasteiger partial charge in [0, 0.05) is 25.7 Å². The molecule has 2 heteroatoms. The zero-order chi connectivity index (χ0) is 9.80. The summed E-state index contributed by atoms with van der Waals surface area (Å²) in [4.78, 5) is 0. The van der Waals surface area contributed by atoms with Gasteiger partial charge in [-0.25, -0.2) is 0 Å². The second-order valence-electron chi connectivity index (χ2n) is 3.96. The molecule has 0 bridgehead atoms. The fourth-order valence-electron chi connectivity index (χ4n) is 2.02. The van der Waals surface area contributed by atoms with Crippen LogP contribution < -0.4 is 10.6 Å². The third-order valence-electron chi connectivity index (χ3n) is 3.00. The van der Waals surface area contributed by atoms with Crippen molar-refractivity contribution in [1.82, 2.24) is 10.6 Å². The van der Waals surface area contributed by atoms with Crippen molar-refractivity contribution in [1.29, 1.82) is 0 Å². The van der Waals surface area contributed by atoms with Gasteiger partial charge in [-0.05, 0) is 11.5 Å². The SMILES string of the molecule is CC(c1ccccc1)C1CNCCN1. The first-order chi connectivity index (χ1) is 6.88. The quantitative estimate of drug-likeness (QED) is 0.735. The summed E-state index contributed by atoms with van der Waals surface area (Å²) in [6, 6.07) is 11.3. The van der Waals surface area contributed by atoms with Crippen LogP contribution in [0.25, 0.3) is 0 Å². The maximum absolute atomic E-state index is 3.55. The van der Waals surface area contributed by atoms with Crippen molar-refractivity contribution in [3.8, 4) is 0 Å². The van der Waals surface area contributed by atoms with Crippen LogP contribution in [-0.2, 0) is 0 Å². The van der Waals surface area contributed by atoms with Gasteiger partial charge >= 0.3 is 0 Å². The van der Waals surface area contributed by atoms with Crippen molar-refractivity contribution < 1.29 is 0 Å². The minimum atomic E-state index is 0.575. The van der Waals surface area contributed by atoms with Crippen LogP contribution in [0, 0.1) is 0 Å². The lowest BCUT2D eigenvalue weighted by Gasteiger charge is -2.30. The number of hydrogen-bond acceptors (Lipinski definition) is 2. The lowest BCUT2D eigenvalue weighted by atomic mass is 9.92. The van der Waals surface area contributed by atoms with Gasteiger partial charge < -0.3 is 10.6 Å². The van der Waals surface area contributed by atoms with Gasteiger partial charge in [0.15, 0.2) is 0 Å². The maximum atomic E-state index is 3.55. The largest absolute Gasteiger partial charge is 0.314 e. The molecule has 0 radical (unpaired) electrons. The van der Waals surface area contributed by atoms with E-state index >= 15 is 0 Å². The van der Waals surface area contributed by atoms with Crippen LogP contribution >= 0.6 is 0 Å². The van der Waals surface area contributed by atoms with Crippen LogP contribution in [0.15, 0.2) is 30.3 Å². The summed E-state index contributed by atoms with van der Waals surface area (Å²) in [5.74, 6) is 0.587. The lowest BCUT2D eigenvalue weighted by Crippen LogP contribution is -2.50. The Bertz CT molecular complexity index is 265. The Hall–Kier alpha value is -0.860. The van der Waals surface area contributed by atoms with Crippen LogP contribution in [0.4, 0.5) is 0 Å². The summed E-state index contributed by atoms with van der Waals surface area (Å²) in [6.45, 7) is 5.55. The molecule has 1 aliphatic heterocycles. The molecule has 2 atom stereocenters. The molecule has 1 aliphatic rings. The molecule has 0 spiro atoms. The number of hydrogen-bond donors (Lipinski definition) is 2. The summed E-state index contributed by atoms with van der Waals surface area (Å²) >= 11 is 0. The molecule has 0 saturated carbocycles. The molecule has 0 aliphatic carbocycles. The average Bonchev–Trinajstić information content (AvgIpc) is 2.30. The summed E-state index contributed by atoms with van der Waals surface area (Å²) in [7, 11) is 0. The third kappa shape index (κ3) is 2.14. The molecule has 0 aromatic heterocycles. The molecule has 1 saturated heterocycles. The minimum absolute atomic E-state index is 0.575. The Morgan fingerprint density at radius 3 is 2.64 bits per heavy atom. The van der Waals surface area contributed by atoms with Crippen molar-refractivity contribution in [2.24, 2.45) is 0 Å². The van der Waals surface area contributed by atoms with Gasteiger partial charge in [-0.3, -0.25) is 0 Å². The summed E-state index contributed by atoms with van der Waals surface area (Å²) in [6.07, 6.45) is 0. The normalized spacial score (nSPS) is 24.5. The lowest BCUT2D eigenvalue weighted by molar-refractivity contribution is 0.378. The number of benzene rings is 1. The van der Waals surface area contributed by atoms with Crippen LogP contribution in [-0.4, -0.2) is 25.7 Å². The molecular weight excluding hydrogens is 172 g/mol. The predicted octanol–water partition coefficient (Wildman–Crippen LogP) is 1.35. The van der Waals surface area contributed by atoms with E-state index in [1.54, 1.807) is 0 Å². The highest BCUT2D eigenvalue weighted by atomic mass is 15.1. The van der Waals surface area contributed by atoms with Gasteiger partial charge in [0.2, 0.25) is 0 Å². The Balaban J connectivity index is 2.03. The van der Waals surface area contributed by atoms with Crippen LogP contribution in [0.1, 0.15) is 18.4 Å². The zero-order valence-corrected chi connectivity index (χ0v) is 8.66. The number of piperazine rings is 1. The molecule has 1 heterocycles. The molecule has 2 unspecified atom stereocenters. The van der Waals surface area contributed by atoms with E-state index in [-0.39, 0.29) is 0 Å². The predicted molar refractivity (Wildman–Crippen MR) is 59.5 cm³/mol. The summed E-state index contributed by atoms with van der Waals surface area (Å²) < 4.78 is 0. The Morgan fingerprint density at radius 2 is 2.00 bits per heavy atom. The number of nitrogens with one attached hydrogen (secondary N) is 2. The van der Waals surface area contributed by atoms with Crippen molar-refractivity contribution in [3.05, 3.63) is 35.9 Å². The second-order valence-corrected chi connectivity index (χ2v) is 3.96. The highest BCUT2D eigenvalue weighted by Crippen LogP contribution is 2.18. The molecule has 2 nitrogen and oxygen atoms in total. The van der Waals surface area contributed by atoms with E-state index in [9.17, 15) is 0 Å². The van der Waals surface area contributed by atoms with E-state index in [4.69, 9.17) is 0 Å². The summed E-state index contributed by atoms with van der Waals surface area (Å²) in [5.41, 5.74) is 1.42. The fourth-order valence-corrected chi connectivity index (χ4v) is 2.02. The molecule has 1 aromatic rings. The first kappa shape index (κ1) is 9.69. The van der Waals surface area contributed by atoms with Gasteiger partial charge in [0.1, 0.15) is 0 Å². The molecule has 14 heavy (non-hydrogen) atoms. The molecule has 1 aromatic carbocycles. The Labute approximate surface area is 85.7 Å². The molecular formula is C12H18N2. The molecule has 76 valence electrons. The second kappa shape index (κ2) is 4.58. The standard InChI is InChI=1S/C12H18N2/c1-10(11-5-3-2-4-6-11)12-9-13-7-8-14-12/h2-6,10,12-14H,7-9H2,1H3. The molecule has 2 N–H and O–H groups in total. The van der Waals surface area contributed by atoms with Crippen molar-refractivity contribution in [3.63, 3.8) is 0 Å². The third-order valence-corrected chi connectivity index (χ3v) is 3.00. The van der Waals surface area contributed by atoms with Crippen LogP contribution in [0.2, 0.25) is 0 Å². The van der Waals surface area contributed by atoms with Crippen molar-refractivity contribution in [2.75, 3.05) is 19.6 Å². The molecule has 1 fully saturated rings. The molecule has 2 rings (SSSR count). The Kier molecular flexibility index (Phi) is 3.17. The number of rotatable bonds is 2. The van der Waals surface area contributed by atoms with E-state index in [1.807, 2.05) is 0 Å². The zero-order valence-electron chi connectivity index (χ0n) is 8.66. The first-order valence-corrected chi connectivity index (χ1v) is 5.37. The minimum Gasteiger partial charge on any atom is -0.314 e. The highest BCUT2D eigenvalue weighted by molar-refractivity contribution is 5.20. The van der Waals surface area contributed by atoms with E-state index in [0.717, 1.165) is 19.6 Å². The van der Waals surface area contributed by atoms with E-state index in [0.29, 0.717) is 12.0 Å². The summed E-state index contributed by atoms with van der Waals surface area (Å²) in [5, 5.41) is 6.98. The van der Waals surface area contributed by atoms with Crippen molar-refractivity contribution in [2.45, 2.75) is 18.9 Å². The fraction of sp³-hybridized carbons (Fsp3) is 0.500. The smallest absolute Gasteiger partial charge is 0.0258 e. The van der Waals surface area contributed by atoms with Gasteiger partial charge in [0.25, 0.3) is 0 Å². The van der Waals surface area contributed by atoms with E-state index in [2.05, 4.69) is 47.9 Å². The maximum Gasteiger partial charge on any atom is 0.0258 e. The van der Waals surface area contributed by atoms with Gasteiger partial charge in [-0.2, -0.15) is 0 Å². The topological polar surface area (TPSA) is 24.1 Å². The monoisotopic (exact) mass is 190 g/mol. The van der Waals surface area contributed by atoms with Gasteiger partial charge in [-0.15, -0.1) is 0 Å². The highest BCUT2D eigenvalue weighted by Gasteiger charge is 2.19. The van der Waals surface area contributed by atoms with Crippen molar-refractivity contribution >= 4 is 0 Å². The van der Waals surface area contributed by atoms with Gasteiger partial charge in [-0.1, -0.05) is 37.3 Å². The first-order valence-electron chi connectivity index (χ1n) is 5.37. The van der Waals surface area contributed by atoms with E-state index < -0.39 is 0 Å². The molecule has 0 amide bonds. The average molecular weight is 190 g/mol. The van der Waals surface area contributed by atoms with Gasteiger partial charge in [0.05, 0.1) is 0 Å².